The second-order valence-corrected chi connectivity index (χ2v) is 9.89. The fourth-order valence-corrected chi connectivity index (χ4v) is 5.16. The summed E-state index contributed by atoms with van der Waals surface area (Å²) in [5, 5.41) is 27.3. The lowest BCUT2D eigenvalue weighted by Crippen LogP contribution is -2.30. The number of nitriles is 1. The van der Waals surface area contributed by atoms with Gasteiger partial charge in [0, 0.05) is 13.1 Å². The second kappa shape index (κ2) is 11.5. The van der Waals surface area contributed by atoms with Crippen molar-refractivity contribution in [1.29, 1.82) is 5.26 Å². The third-order valence-corrected chi connectivity index (χ3v) is 7.38. The van der Waals surface area contributed by atoms with Crippen molar-refractivity contribution in [1.82, 2.24) is 4.31 Å². The fourth-order valence-electron chi connectivity index (χ4n) is 3.59. The summed E-state index contributed by atoms with van der Waals surface area (Å²) < 4.78 is 33.9. The van der Waals surface area contributed by atoms with Gasteiger partial charge in [0.1, 0.15) is 10.6 Å². The number of para-hydroxylation sites is 1. The summed E-state index contributed by atoms with van der Waals surface area (Å²) in [5.74, 6) is -4.23. The summed E-state index contributed by atoms with van der Waals surface area (Å²) in [7, 11) is -2.63. The lowest BCUT2D eigenvalue weighted by molar-refractivity contribution is -0.154. The van der Waals surface area contributed by atoms with E-state index in [1.165, 1.54) is 17.5 Å². The highest BCUT2D eigenvalue weighted by atomic mass is 32.2. The van der Waals surface area contributed by atoms with Crippen LogP contribution in [-0.2, 0) is 39.1 Å². The average Bonchev–Trinajstić information content (AvgIpc) is 2.87. The van der Waals surface area contributed by atoms with Gasteiger partial charge in [-0.3, -0.25) is 9.59 Å². The highest BCUT2D eigenvalue weighted by molar-refractivity contribution is 7.89. The summed E-state index contributed by atoms with van der Waals surface area (Å²) in [6, 6.07) is 21.4. The van der Waals surface area contributed by atoms with E-state index < -0.39 is 27.9 Å². The molecular formula is C26H24N2O7S. The second-order valence-electron chi connectivity index (χ2n) is 7.98. The van der Waals surface area contributed by atoms with Gasteiger partial charge < -0.3 is 14.9 Å². The summed E-state index contributed by atoms with van der Waals surface area (Å²) in [4.78, 5) is 22.4. The number of carbonyl (C=O) groups is 2. The predicted octanol–water partition coefficient (Wildman–Crippen LogP) is 3.29. The molecule has 0 unspecified atom stereocenters. The number of sulfonamides is 1. The largest absolute Gasteiger partial charge is 0.495 e. The molecule has 3 rings (SSSR count). The lowest BCUT2D eigenvalue weighted by atomic mass is 9.99. The van der Waals surface area contributed by atoms with Crippen LogP contribution in [0.3, 0.4) is 0 Å². The molecule has 0 aliphatic carbocycles. The van der Waals surface area contributed by atoms with E-state index in [1.807, 2.05) is 6.07 Å². The van der Waals surface area contributed by atoms with Crippen LogP contribution in [0.15, 0.2) is 77.7 Å². The van der Waals surface area contributed by atoms with Gasteiger partial charge in [-0.15, -0.1) is 0 Å². The molecule has 2 N–H and O–H groups in total. The number of carboxylic acids is 2. The third kappa shape index (κ3) is 6.27. The highest BCUT2D eigenvalue weighted by Gasteiger charge is 2.29. The number of carboxylic acid groups (broad SMARTS) is 2. The Morgan fingerprint density at radius 1 is 0.889 bits per heavy atom. The van der Waals surface area contributed by atoms with Crippen LogP contribution < -0.4 is 4.74 Å². The van der Waals surface area contributed by atoms with Crippen LogP contribution in [-0.4, -0.2) is 42.0 Å². The topological polar surface area (TPSA) is 145 Å². The van der Waals surface area contributed by atoms with E-state index in [0.717, 1.165) is 0 Å². The van der Waals surface area contributed by atoms with Gasteiger partial charge in [-0.1, -0.05) is 48.5 Å². The predicted molar refractivity (Wildman–Crippen MR) is 129 cm³/mol. The van der Waals surface area contributed by atoms with Gasteiger partial charge in [-0.05, 0) is 47.4 Å². The smallest absolute Gasteiger partial charge is 0.318 e. The molecule has 186 valence electrons. The molecule has 0 amide bonds. The monoisotopic (exact) mass is 508 g/mol. The van der Waals surface area contributed by atoms with E-state index in [2.05, 4.69) is 0 Å². The van der Waals surface area contributed by atoms with E-state index >= 15 is 0 Å². The molecule has 10 heteroatoms. The number of hydrogen-bond donors (Lipinski definition) is 2. The Morgan fingerprint density at radius 2 is 1.39 bits per heavy atom. The van der Waals surface area contributed by atoms with Gasteiger partial charge in [0.2, 0.25) is 10.0 Å². The number of hydrogen-bond acceptors (Lipinski definition) is 6. The minimum atomic E-state index is -4.02. The highest BCUT2D eigenvalue weighted by Crippen LogP contribution is 2.29. The summed E-state index contributed by atoms with van der Waals surface area (Å²) >= 11 is 0. The fraction of sp³-hybridized carbons (Fsp3) is 0.192. The molecule has 0 saturated carbocycles. The standard InChI is InChI=1S/C26H24N2O7S/c1-35-23-4-2-3-5-24(23)36(33,34)28(17-21-12-8-19(15-27)9-13-21)16-20-10-6-18(7-11-20)14-22(25(29)30)26(31)32/h2-13,22H,14,16-17H2,1H3,(H,29,30)(H,31,32). The zero-order valence-corrected chi connectivity index (χ0v) is 20.2. The van der Waals surface area contributed by atoms with Gasteiger partial charge in [-0.2, -0.15) is 9.57 Å². The molecule has 0 spiro atoms. The Bertz CT molecular complexity index is 1370. The van der Waals surface area contributed by atoms with E-state index in [9.17, 15) is 18.0 Å². The van der Waals surface area contributed by atoms with Crippen LogP contribution in [0.2, 0.25) is 0 Å². The maximum absolute atomic E-state index is 13.7. The van der Waals surface area contributed by atoms with Gasteiger partial charge in [0.15, 0.2) is 5.92 Å². The van der Waals surface area contributed by atoms with Gasteiger partial charge in [0.05, 0.1) is 18.7 Å². The Kier molecular flexibility index (Phi) is 8.42. The average molecular weight is 509 g/mol. The molecule has 3 aromatic rings. The van der Waals surface area contributed by atoms with Crippen molar-refractivity contribution >= 4 is 22.0 Å². The molecule has 9 nitrogen and oxygen atoms in total. The molecule has 0 aromatic heterocycles. The molecule has 0 aliphatic rings. The van der Waals surface area contributed by atoms with Crippen molar-refractivity contribution in [3.05, 3.63) is 95.1 Å². The first kappa shape index (κ1) is 26.4. The van der Waals surface area contributed by atoms with Crippen LogP contribution in [0.1, 0.15) is 22.3 Å². The van der Waals surface area contributed by atoms with Crippen molar-refractivity contribution in [3.8, 4) is 11.8 Å². The normalized spacial score (nSPS) is 11.3. The van der Waals surface area contributed by atoms with E-state index in [-0.39, 0.29) is 30.2 Å². The van der Waals surface area contributed by atoms with Crippen LogP contribution in [0, 0.1) is 17.2 Å². The zero-order valence-electron chi connectivity index (χ0n) is 19.4. The quantitative estimate of drug-likeness (QED) is 0.375. The van der Waals surface area contributed by atoms with E-state index in [1.54, 1.807) is 66.7 Å². The zero-order chi connectivity index (χ0) is 26.3. The van der Waals surface area contributed by atoms with Crippen molar-refractivity contribution in [2.75, 3.05) is 7.11 Å². The SMILES string of the molecule is COc1ccccc1S(=O)(=O)N(Cc1ccc(C#N)cc1)Cc1ccc(CC(C(=O)O)C(=O)O)cc1. The minimum Gasteiger partial charge on any atom is -0.495 e. The first-order valence-electron chi connectivity index (χ1n) is 10.8. The van der Waals surface area contributed by atoms with Crippen LogP contribution in [0.4, 0.5) is 0 Å². The Labute approximate surface area is 208 Å². The van der Waals surface area contributed by atoms with Crippen molar-refractivity contribution in [2.45, 2.75) is 24.4 Å². The van der Waals surface area contributed by atoms with Crippen molar-refractivity contribution < 1.29 is 33.0 Å². The minimum absolute atomic E-state index is 0.00326. The molecule has 0 radical (unpaired) electrons. The number of nitrogens with zero attached hydrogens (tertiary/aromatic N) is 2. The maximum atomic E-state index is 13.7. The molecule has 0 bridgehead atoms. The van der Waals surface area contributed by atoms with Gasteiger partial charge >= 0.3 is 11.9 Å². The first-order chi connectivity index (χ1) is 17.1. The molecule has 0 fully saturated rings. The summed E-state index contributed by atoms with van der Waals surface area (Å²) in [5.41, 5.74) is 2.25. The maximum Gasteiger partial charge on any atom is 0.318 e. The van der Waals surface area contributed by atoms with Gasteiger partial charge in [0.25, 0.3) is 0 Å². The number of benzene rings is 3. The van der Waals surface area contributed by atoms with E-state index in [0.29, 0.717) is 22.3 Å². The third-order valence-electron chi connectivity index (χ3n) is 5.55. The number of ether oxygens (including phenoxy) is 1. The first-order valence-corrected chi connectivity index (χ1v) is 12.3. The molecule has 36 heavy (non-hydrogen) atoms. The summed E-state index contributed by atoms with van der Waals surface area (Å²) in [6.45, 7) is 0.00982. The molecule has 0 aliphatic heterocycles. The number of rotatable bonds is 11. The van der Waals surface area contributed by atoms with E-state index in [4.69, 9.17) is 20.2 Å². The van der Waals surface area contributed by atoms with Crippen LogP contribution >= 0.6 is 0 Å². The number of methoxy groups -OCH3 is 1. The Balaban J connectivity index is 1.93. The Hall–Kier alpha value is -4.20. The van der Waals surface area contributed by atoms with Gasteiger partial charge in [-0.25, -0.2) is 8.42 Å². The van der Waals surface area contributed by atoms with Crippen LogP contribution in [0.5, 0.6) is 5.75 Å². The number of aliphatic carboxylic acids is 2. The van der Waals surface area contributed by atoms with Crippen molar-refractivity contribution in [3.63, 3.8) is 0 Å². The summed E-state index contributed by atoms with van der Waals surface area (Å²) in [6.07, 6.45) is -0.195. The Morgan fingerprint density at radius 3 is 1.89 bits per heavy atom. The molecule has 0 atom stereocenters. The van der Waals surface area contributed by atoms with Crippen molar-refractivity contribution in [2.24, 2.45) is 5.92 Å². The molecular weight excluding hydrogens is 484 g/mol. The molecule has 0 heterocycles. The molecule has 3 aromatic carbocycles. The van der Waals surface area contributed by atoms with Crippen LogP contribution in [0.25, 0.3) is 0 Å². The lowest BCUT2D eigenvalue weighted by Gasteiger charge is -2.24. The molecule has 0 saturated heterocycles.